The highest BCUT2D eigenvalue weighted by Crippen LogP contribution is 2.34. The van der Waals surface area contributed by atoms with Crippen LogP contribution in [0.1, 0.15) is 31.2 Å². The van der Waals surface area contributed by atoms with Gasteiger partial charge in [0.1, 0.15) is 6.61 Å². The molecule has 1 aromatic carbocycles. The molecule has 2 fully saturated rings. The van der Waals surface area contributed by atoms with Crippen LogP contribution < -0.4 is 20.1 Å². The van der Waals surface area contributed by atoms with Crippen LogP contribution in [-0.2, 0) is 6.42 Å². The molecule has 1 aromatic rings. The first-order valence-corrected chi connectivity index (χ1v) is 9.32. The number of hydrogen-bond acceptors (Lipinski definition) is 4. The van der Waals surface area contributed by atoms with E-state index in [-0.39, 0.29) is 18.1 Å². The van der Waals surface area contributed by atoms with Gasteiger partial charge in [0.25, 0.3) is 0 Å². The number of fused-ring (bicyclic) bond motifs is 1. The fourth-order valence-corrected chi connectivity index (χ4v) is 3.91. The second-order valence-electron chi connectivity index (χ2n) is 7.32. The summed E-state index contributed by atoms with van der Waals surface area (Å²) in [5.41, 5.74) is 1.08. The van der Waals surface area contributed by atoms with Gasteiger partial charge in [-0.2, -0.15) is 0 Å². The molecule has 0 aromatic heterocycles. The fourth-order valence-electron chi connectivity index (χ4n) is 3.91. The molecule has 6 nitrogen and oxygen atoms in total. The van der Waals surface area contributed by atoms with E-state index in [0.29, 0.717) is 6.61 Å². The van der Waals surface area contributed by atoms with Crippen molar-refractivity contribution in [2.45, 2.75) is 50.2 Å². The summed E-state index contributed by atoms with van der Waals surface area (Å²) in [4.78, 5) is 14.9. The summed E-state index contributed by atoms with van der Waals surface area (Å²) in [5.74, 6) is 1.55. The minimum atomic E-state index is -0.0789. The predicted octanol–water partition coefficient (Wildman–Crippen LogP) is 1.92. The lowest BCUT2D eigenvalue weighted by atomic mass is 10.0. The minimum Gasteiger partial charge on any atom is -0.493 e. The van der Waals surface area contributed by atoms with E-state index in [0.717, 1.165) is 55.5 Å². The maximum atomic E-state index is 12.3. The number of nitrogens with zero attached hydrogens (tertiary/aromatic N) is 1. The van der Waals surface area contributed by atoms with E-state index in [1.54, 1.807) is 7.11 Å². The van der Waals surface area contributed by atoms with Crippen molar-refractivity contribution in [3.05, 3.63) is 23.8 Å². The van der Waals surface area contributed by atoms with Crippen molar-refractivity contribution < 1.29 is 14.3 Å². The number of ether oxygens (including phenoxy) is 2. The van der Waals surface area contributed by atoms with Gasteiger partial charge >= 0.3 is 6.03 Å². The second kappa shape index (κ2) is 7.12. The number of rotatable bonds is 4. The normalized spacial score (nSPS) is 24.1. The van der Waals surface area contributed by atoms with E-state index in [1.165, 1.54) is 12.8 Å². The highest BCUT2D eigenvalue weighted by molar-refractivity contribution is 5.74. The molecule has 2 heterocycles. The average molecular weight is 345 g/mol. The van der Waals surface area contributed by atoms with Gasteiger partial charge in [-0.05, 0) is 38.2 Å². The topological polar surface area (TPSA) is 62.8 Å². The molecular formula is C19H27N3O3. The molecule has 2 aliphatic heterocycles. The van der Waals surface area contributed by atoms with Crippen LogP contribution in [-0.4, -0.2) is 55.9 Å². The second-order valence-corrected chi connectivity index (χ2v) is 7.32. The number of piperidine rings is 1. The van der Waals surface area contributed by atoms with Crippen LogP contribution in [0.3, 0.4) is 0 Å². The number of carbonyl (C=O) groups is 1. The van der Waals surface area contributed by atoms with Crippen molar-refractivity contribution in [1.29, 1.82) is 0 Å². The summed E-state index contributed by atoms with van der Waals surface area (Å²) in [6.45, 7) is 2.69. The van der Waals surface area contributed by atoms with Gasteiger partial charge in [-0.25, -0.2) is 4.79 Å². The Hall–Kier alpha value is -1.95. The molecule has 0 radical (unpaired) electrons. The Morgan fingerprint density at radius 2 is 1.92 bits per heavy atom. The van der Waals surface area contributed by atoms with Crippen LogP contribution in [0.5, 0.6) is 11.5 Å². The highest BCUT2D eigenvalue weighted by Gasteiger charge is 2.32. The number of urea groups is 1. The molecule has 25 heavy (non-hydrogen) atoms. The van der Waals surface area contributed by atoms with E-state index < -0.39 is 0 Å². The molecule has 1 atom stereocenters. The third kappa shape index (κ3) is 3.84. The average Bonchev–Trinajstić information content (AvgIpc) is 3.46. The standard InChI is InChI=1S/C19H27N3O3/c1-24-17-4-2-3-13-11-15(12-25-18(13)17)21-19(23)20-14-7-9-22(10-8-14)16-5-6-16/h2-4,14-16H,5-12H2,1H3,(H2,20,21,23)/t15-/m0/s1. The Balaban J connectivity index is 1.26. The van der Waals surface area contributed by atoms with Crippen molar-refractivity contribution >= 4 is 6.03 Å². The summed E-state index contributed by atoms with van der Waals surface area (Å²) in [6, 6.07) is 6.90. The maximum Gasteiger partial charge on any atom is 0.315 e. The van der Waals surface area contributed by atoms with Gasteiger partial charge in [0.2, 0.25) is 0 Å². The number of hydrogen-bond donors (Lipinski definition) is 2. The summed E-state index contributed by atoms with van der Waals surface area (Å²) >= 11 is 0. The predicted molar refractivity (Wildman–Crippen MR) is 95.3 cm³/mol. The van der Waals surface area contributed by atoms with Crippen LogP contribution in [0.25, 0.3) is 0 Å². The van der Waals surface area contributed by atoms with E-state index in [4.69, 9.17) is 9.47 Å². The largest absolute Gasteiger partial charge is 0.493 e. The SMILES string of the molecule is COc1cccc2c1OC[C@@H](NC(=O)NC1CCN(C3CC3)CC1)C2. The van der Waals surface area contributed by atoms with E-state index >= 15 is 0 Å². The quantitative estimate of drug-likeness (QED) is 0.875. The molecule has 2 amide bonds. The zero-order valence-corrected chi connectivity index (χ0v) is 14.8. The van der Waals surface area contributed by atoms with Gasteiger partial charge in [-0.1, -0.05) is 12.1 Å². The Kier molecular flexibility index (Phi) is 4.70. The van der Waals surface area contributed by atoms with Crippen LogP contribution in [0.2, 0.25) is 0 Å². The number of amides is 2. The molecule has 1 saturated carbocycles. The summed E-state index contributed by atoms with van der Waals surface area (Å²) in [7, 11) is 1.64. The van der Waals surface area contributed by atoms with Gasteiger partial charge in [0.05, 0.1) is 13.2 Å². The Bertz CT molecular complexity index is 624. The van der Waals surface area contributed by atoms with E-state index in [2.05, 4.69) is 15.5 Å². The van der Waals surface area contributed by atoms with Crippen molar-refractivity contribution in [3.63, 3.8) is 0 Å². The van der Waals surface area contributed by atoms with Gasteiger partial charge in [0.15, 0.2) is 11.5 Å². The third-order valence-electron chi connectivity index (χ3n) is 5.44. The van der Waals surface area contributed by atoms with Crippen LogP contribution >= 0.6 is 0 Å². The maximum absolute atomic E-state index is 12.3. The lowest BCUT2D eigenvalue weighted by Crippen LogP contribution is -2.52. The van der Waals surface area contributed by atoms with Crippen LogP contribution in [0.15, 0.2) is 18.2 Å². The zero-order valence-electron chi connectivity index (χ0n) is 14.8. The Morgan fingerprint density at radius 3 is 2.64 bits per heavy atom. The summed E-state index contributed by atoms with van der Waals surface area (Å²) < 4.78 is 11.2. The van der Waals surface area contributed by atoms with Crippen molar-refractivity contribution in [2.24, 2.45) is 0 Å². The lowest BCUT2D eigenvalue weighted by Gasteiger charge is -2.33. The molecule has 3 aliphatic rings. The molecule has 1 saturated heterocycles. The molecule has 2 N–H and O–H groups in total. The Labute approximate surface area is 148 Å². The lowest BCUT2D eigenvalue weighted by molar-refractivity contribution is 0.180. The number of benzene rings is 1. The zero-order chi connectivity index (χ0) is 17.2. The molecule has 0 spiro atoms. The number of carbonyl (C=O) groups excluding carboxylic acids is 1. The van der Waals surface area contributed by atoms with E-state index in [1.807, 2.05) is 18.2 Å². The Morgan fingerprint density at radius 1 is 1.16 bits per heavy atom. The van der Waals surface area contributed by atoms with Gasteiger partial charge in [-0.3, -0.25) is 0 Å². The van der Waals surface area contributed by atoms with Crippen molar-refractivity contribution in [3.8, 4) is 11.5 Å². The van der Waals surface area contributed by atoms with Gasteiger partial charge in [-0.15, -0.1) is 0 Å². The first kappa shape index (κ1) is 16.5. The smallest absolute Gasteiger partial charge is 0.315 e. The first-order chi connectivity index (χ1) is 12.2. The molecule has 136 valence electrons. The summed E-state index contributed by atoms with van der Waals surface area (Å²) in [6.07, 6.45) is 5.56. The number of likely N-dealkylation sites (tertiary alicyclic amines) is 1. The molecule has 0 unspecified atom stereocenters. The first-order valence-electron chi connectivity index (χ1n) is 9.32. The van der Waals surface area contributed by atoms with Crippen LogP contribution in [0.4, 0.5) is 4.79 Å². The van der Waals surface area contributed by atoms with Crippen molar-refractivity contribution in [1.82, 2.24) is 15.5 Å². The van der Waals surface area contributed by atoms with Gasteiger partial charge in [0, 0.05) is 30.7 Å². The fraction of sp³-hybridized carbons (Fsp3) is 0.632. The minimum absolute atomic E-state index is 0.00819. The molecule has 1 aliphatic carbocycles. The number of methoxy groups -OCH3 is 1. The van der Waals surface area contributed by atoms with Crippen molar-refractivity contribution in [2.75, 3.05) is 26.8 Å². The highest BCUT2D eigenvalue weighted by atomic mass is 16.5. The molecular weight excluding hydrogens is 318 g/mol. The number of nitrogens with one attached hydrogen (secondary N) is 2. The van der Waals surface area contributed by atoms with Gasteiger partial charge < -0.3 is 25.0 Å². The molecule has 4 rings (SSSR count). The molecule has 0 bridgehead atoms. The summed E-state index contributed by atoms with van der Waals surface area (Å²) in [5, 5.41) is 6.20. The molecule has 6 heteroatoms. The number of para-hydroxylation sites is 1. The van der Waals surface area contributed by atoms with Crippen LogP contribution in [0, 0.1) is 0 Å². The monoisotopic (exact) mass is 345 g/mol. The third-order valence-corrected chi connectivity index (χ3v) is 5.44. The van der Waals surface area contributed by atoms with E-state index in [9.17, 15) is 4.79 Å².